The molecular formula is C19H18ClN3O2. The summed E-state index contributed by atoms with van der Waals surface area (Å²) in [6, 6.07) is 12.8. The van der Waals surface area contributed by atoms with Gasteiger partial charge in [-0.2, -0.15) is 0 Å². The molecule has 25 heavy (non-hydrogen) atoms. The molecule has 5 nitrogen and oxygen atoms in total. The zero-order valence-electron chi connectivity index (χ0n) is 14.1. The van der Waals surface area contributed by atoms with Crippen LogP contribution in [0.2, 0.25) is 5.02 Å². The number of benzene rings is 1. The summed E-state index contributed by atoms with van der Waals surface area (Å²) < 4.78 is 5.17. The molecule has 0 saturated heterocycles. The van der Waals surface area contributed by atoms with Gasteiger partial charge in [-0.1, -0.05) is 22.8 Å². The standard InChI is InChI=1S/C19H18ClN3O2/c1-13-18(14(2)25-22-13)11-19(24)23(12-16-5-3-4-10-21-16)17-8-6-15(20)7-9-17/h3-10H,11-12H2,1-2H3. The lowest BCUT2D eigenvalue weighted by atomic mass is 10.1. The number of hydrogen-bond acceptors (Lipinski definition) is 4. The summed E-state index contributed by atoms with van der Waals surface area (Å²) in [5.74, 6) is 0.613. The summed E-state index contributed by atoms with van der Waals surface area (Å²) in [4.78, 5) is 19.0. The van der Waals surface area contributed by atoms with Gasteiger partial charge in [0.25, 0.3) is 0 Å². The minimum absolute atomic E-state index is 0.0534. The van der Waals surface area contributed by atoms with Gasteiger partial charge in [0, 0.05) is 22.5 Å². The summed E-state index contributed by atoms with van der Waals surface area (Å²) in [6.07, 6.45) is 1.94. The Kier molecular flexibility index (Phi) is 5.14. The van der Waals surface area contributed by atoms with Crippen molar-refractivity contribution in [3.8, 4) is 0 Å². The normalized spacial score (nSPS) is 10.7. The third kappa shape index (κ3) is 4.06. The SMILES string of the molecule is Cc1noc(C)c1CC(=O)N(Cc1ccccn1)c1ccc(Cl)cc1. The van der Waals surface area contributed by atoms with E-state index in [4.69, 9.17) is 16.1 Å². The number of anilines is 1. The zero-order valence-corrected chi connectivity index (χ0v) is 14.8. The van der Waals surface area contributed by atoms with Crippen LogP contribution in [-0.2, 0) is 17.8 Å². The Morgan fingerprint density at radius 1 is 1.16 bits per heavy atom. The Bertz CT molecular complexity index is 841. The monoisotopic (exact) mass is 355 g/mol. The van der Waals surface area contributed by atoms with Crippen LogP contribution in [0.3, 0.4) is 0 Å². The topological polar surface area (TPSA) is 59.2 Å². The van der Waals surface area contributed by atoms with Crippen molar-refractivity contribution >= 4 is 23.2 Å². The fourth-order valence-electron chi connectivity index (χ4n) is 2.60. The van der Waals surface area contributed by atoms with Crippen LogP contribution in [0, 0.1) is 13.8 Å². The first-order chi connectivity index (χ1) is 12.0. The second-order valence-corrected chi connectivity index (χ2v) is 6.19. The predicted octanol–water partition coefficient (Wildman–Crippen LogP) is 4.12. The molecule has 1 aromatic carbocycles. The highest BCUT2D eigenvalue weighted by atomic mass is 35.5. The molecule has 128 valence electrons. The van der Waals surface area contributed by atoms with Crippen molar-refractivity contribution in [1.29, 1.82) is 0 Å². The summed E-state index contributed by atoms with van der Waals surface area (Å²) in [5, 5.41) is 4.55. The minimum Gasteiger partial charge on any atom is -0.361 e. The molecule has 6 heteroatoms. The van der Waals surface area contributed by atoms with E-state index in [1.807, 2.05) is 44.2 Å². The van der Waals surface area contributed by atoms with Gasteiger partial charge in [-0.25, -0.2) is 0 Å². The molecule has 0 spiro atoms. The van der Waals surface area contributed by atoms with Crippen LogP contribution in [0.5, 0.6) is 0 Å². The fourth-order valence-corrected chi connectivity index (χ4v) is 2.73. The molecule has 0 bridgehead atoms. The average molecular weight is 356 g/mol. The highest BCUT2D eigenvalue weighted by Gasteiger charge is 2.21. The van der Waals surface area contributed by atoms with Crippen LogP contribution >= 0.6 is 11.6 Å². The first kappa shape index (κ1) is 17.2. The van der Waals surface area contributed by atoms with Crippen LogP contribution < -0.4 is 4.90 Å². The van der Waals surface area contributed by atoms with E-state index in [1.54, 1.807) is 23.2 Å². The summed E-state index contributed by atoms with van der Waals surface area (Å²) in [5.41, 5.74) is 3.14. The third-order valence-electron chi connectivity index (χ3n) is 3.99. The summed E-state index contributed by atoms with van der Waals surface area (Å²) in [7, 11) is 0. The van der Waals surface area contributed by atoms with Crippen molar-refractivity contribution in [1.82, 2.24) is 10.1 Å². The molecule has 0 aliphatic carbocycles. The van der Waals surface area contributed by atoms with Crippen molar-refractivity contribution in [3.05, 3.63) is 76.4 Å². The highest BCUT2D eigenvalue weighted by molar-refractivity contribution is 6.30. The van der Waals surface area contributed by atoms with E-state index < -0.39 is 0 Å². The molecule has 3 aromatic rings. The second kappa shape index (κ2) is 7.49. The van der Waals surface area contributed by atoms with Crippen LogP contribution in [0.1, 0.15) is 22.7 Å². The fraction of sp³-hybridized carbons (Fsp3) is 0.211. The van der Waals surface area contributed by atoms with Gasteiger partial charge in [-0.05, 0) is 50.2 Å². The Morgan fingerprint density at radius 3 is 2.52 bits per heavy atom. The molecule has 2 heterocycles. The number of halogens is 1. The number of amides is 1. The Hall–Kier alpha value is -2.66. The molecule has 0 fully saturated rings. The van der Waals surface area contributed by atoms with Crippen LogP contribution in [-0.4, -0.2) is 16.0 Å². The van der Waals surface area contributed by atoms with E-state index in [1.165, 1.54) is 0 Å². The number of carbonyl (C=O) groups excluding carboxylic acids is 1. The minimum atomic E-state index is -0.0534. The van der Waals surface area contributed by atoms with Gasteiger partial charge >= 0.3 is 0 Å². The van der Waals surface area contributed by atoms with E-state index in [0.29, 0.717) is 17.3 Å². The van der Waals surface area contributed by atoms with Crippen LogP contribution in [0.4, 0.5) is 5.69 Å². The van der Waals surface area contributed by atoms with Gasteiger partial charge in [0.2, 0.25) is 5.91 Å². The lowest BCUT2D eigenvalue weighted by Crippen LogP contribution is -2.32. The maximum absolute atomic E-state index is 13.0. The number of pyridine rings is 1. The van der Waals surface area contributed by atoms with Crippen LogP contribution in [0.15, 0.2) is 53.2 Å². The molecule has 0 atom stereocenters. The smallest absolute Gasteiger partial charge is 0.231 e. The molecule has 0 unspecified atom stereocenters. The molecule has 0 radical (unpaired) electrons. The largest absolute Gasteiger partial charge is 0.361 e. The van der Waals surface area contributed by atoms with Crippen molar-refractivity contribution in [3.63, 3.8) is 0 Å². The van der Waals surface area contributed by atoms with Crippen molar-refractivity contribution in [2.45, 2.75) is 26.8 Å². The summed E-state index contributed by atoms with van der Waals surface area (Å²) in [6.45, 7) is 4.03. The van der Waals surface area contributed by atoms with Gasteiger partial charge in [-0.15, -0.1) is 0 Å². The Morgan fingerprint density at radius 2 is 1.92 bits per heavy atom. The number of aryl methyl sites for hydroxylation is 2. The lowest BCUT2D eigenvalue weighted by molar-refractivity contribution is -0.118. The van der Waals surface area contributed by atoms with E-state index in [9.17, 15) is 4.79 Å². The van der Waals surface area contributed by atoms with Gasteiger partial charge in [0.15, 0.2) is 0 Å². The van der Waals surface area contributed by atoms with Gasteiger partial charge < -0.3 is 9.42 Å². The molecule has 3 rings (SSSR count). The highest BCUT2D eigenvalue weighted by Crippen LogP contribution is 2.22. The quantitative estimate of drug-likeness (QED) is 0.690. The first-order valence-electron chi connectivity index (χ1n) is 7.92. The molecule has 1 amide bonds. The molecule has 0 aliphatic rings. The van der Waals surface area contributed by atoms with E-state index >= 15 is 0 Å². The molecule has 0 saturated carbocycles. The van der Waals surface area contributed by atoms with Crippen LogP contribution in [0.25, 0.3) is 0 Å². The van der Waals surface area contributed by atoms with E-state index in [2.05, 4.69) is 10.1 Å². The maximum Gasteiger partial charge on any atom is 0.231 e. The van der Waals surface area contributed by atoms with Gasteiger partial charge in [-0.3, -0.25) is 9.78 Å². The van der Waals surface area contributed by atoms with E-state index in [-0.39, 0.29) is 12.3 Å². The van der Waals surface area contributed by atoms with Gasteiger partial charge in [0.05, 0.1) is 24.4 Å². The van der Waals surface area contributed by atoms with Crippen molar-refractivity contribution < 1.29 is 9.32 Å². The molecule has 0 aliphatic heterocycles. The number of rotatable bonds is 5. The Balaban J connectivity index is 1.89. The van der Waals surface area contributed by atoms with Crippen molar-refractivity contribution in [2.24, 2.45) is 0 Å². The summed E-state index contributed by atoms with van der Waals surface area (Å²) >= 11 is 5.98. The Labute approximate surface area is 151 Å². The maximum atomic E-state index is 13.0. The molecule has 0 N–H and O–H groups in total. The molecule has 2 aromatic heterocycles. The van der Waals surface area contributed by atoms with Crippen molar-refractivity contribution in [2.75, 3.05) is 4.90 Å². The predicted molar refractivity (Wildman–Crippen MR) is 96.6 cm³/mol. The molecular weight excluding hydrogens is 338 g/mol. The van der Waals surface area contributed by atoms with Gasteiger partial charge in [0.1, 0.15) is 5.76 Å². The number of hydrogen-bond donors (Lipinski definition) is 0. The number of nitrogens with zero attached hydrogens (tertiary/aromatic N) is 3. The lowest BCUT2D eigenvalue weighted by Gasteiger charge is -2.23. The second-order valence-electron chi connectivity index (χ2n) is 5.76. The number of carbonyl (C=O) groups is 1. The van der Waals surface area contributed by atoms with E-state index in [0.717, 1.165) is 22.6 Å². The average Bonchev–Trinajstić information content (AvgIpc) is 2.93. The first-order valence-corrected chi connectivity index (χ1v) is 8.30. The number of aromatic nitrogens is 2. The zero-order chi connectivity index (χ0) is 17.8. The third-order valence-corrected chi connectivity index (χ3v) is 4.25.